The van der Waals surface area contributed by atoms with Crippen molar-refractivity contribution in [3.63, 3.8) is 0 Å². The van der Waals surface area contributed by atoms with Crippen molar-refractivity contribution in [2.75, 3.05) is 0 Å². The Bertz CT molecular complexity index is 805. The number of hydrogen-bond donors (Lipinski definition) is 0. The van der Waals surface area contributed by atoms with Gasteiger partial charge in [0.15, 0.2) is 0 Å². The fraction of sp³-hybridized carbons (Fsp3) is 0.235. The third-order valence-electron chi connectivity index (χ3n) is 5.77. The van der Waals surface area contributed by atoms with E-state index in [0.717, 1.165) is 0 Å². The van der Waals surface area contributed by atoms with Crippen LogP contribution in [-0.2, 0) is 40.2 Å². The molecular weight excluding hydrogens is 793 g/mol. The zero-order valence-corrected chi connectivity index (χ0v) is 25.8. The maximum absolute atomic E-state index is 2.27. The Hall–Kier alpha value is -1.43. The van der Waals surface area contributed by atoms with E-state index in [1.165, 1.54) is 74.0 Å². The topological polar surface area (TPSA) is 0 Å². The van der Waals surface area contributed by atoms with Crippen LogP contribution >= 0.6 is 0 Å². The third kappa shape index (κ3) is 13.8. The van der Waals surface area contributed by atoms with Crippen LogP contribution in [0.15, 0.2) is 103 Å². The monoisotopic (exact) mass is 832 g/mol. The van der Waals surface area contributed by atoms with Gasteiger partial charge in [0.05, 0.1) is 0 Å². The van der Waals surface area contributed by atoms with Gasteiger partial charge in [-0.15, -0.1) is 12.1 Å². The van der Waals surface area contributed by atoms with Crippen molar-refractivity contribution in [3.8, 4) is 11.1 Å². The van der Waals surface area contributed by atoms with Gasteiger partial charge in [0, 0.05) is 40.2 Å². The molecule has 0 spiro atoms. The van der Waals surface area contributed by atoms with Crippen molar-refractivity contribution < 1.29 is 40.2 Å². The van der Waals surface area contributed by atoms with Crippen LogP contribution in [0.5, 0.6) is 0 Å². The molecule has 0 aliphatic heterocycles. The van der Waals surface area contributed by atoms with Crippen molar-refractivity contribution >= 4 is 0 Å². The molecule has 36 heavy (non-hydrogen) atoms. The van der Waals surface area contributed by atoms with Crippen molar-refractivity contribution in [1.29, 1.82) is 0 Å². The van der Waals surface area contributed by atoms with Gasteiger partial charge in [-0.05, 0) is 62.5 Å². The van der Waals surface area contributed by atoms with E-state index >= 15 is 0 Å². The Morgan fingerprint density at radius 3 is 1.17 bits per heavy atom. The Kier molecular flexibility index (Phi) is 19.6. The van der Waals surface area contributed by atoms with Gasteiger partial charge in [0.2, 0.25) is 0 Å². The minimum absolute atomic E-state index is 0. The SMILES string of the molecule is C1=CCCC=CCC1.C1=CCCC=CCC1.[Ir].[Ir].c1ccc(-c2ccc([C-]3[CH-][CH-][CH-][CH-][CH-]3)cc2)cc1. The molecule has 3 aliphatic carbocycles. The van der Waals surface area contributed by atoms with Crippen LogP contribution in [0.1, 0.15) is 56.9 Å². The minimum Gasteiger partial charge on any atom is -0.723 e. The summed E-state index contributed by atoms with van der Waals surface area (Å²) in [7, 11) is 0. The molecular formula is C34H38Ir2-6. The predicted octanol–water partition coefficient (Wildman–Crippen LogP) is 9.65. The van der Waals surface area contributed by atoms with E-state index in [-0.39, 0.29) is 40.2 Å². The second-order valence-corrected chi connectivity index (χ2v) is 8.50. The number of hydrogen-bond acceptors (Lipinski definition) is 0. The second-order valence-electron chi connectivity index (χ2n) is 8.50. The molecule has 2 heteroatoms. The van der Waals surface area contributed by atoms with Crippen molar-refractivity contribution in [3.05, 3.63) is 147 Å². The minimum atomic E-state index is 0. The molecule has 0 bridgehead atoms. The Labute approximate surface area is 248 Å². The first kappa shape index (κ1) is 32.6. The van der Waals surface area contributed by atoms with Gasteiger partial charge in [0.25, 0.3) is 0 Å². The maximum Gasteiger partial charge on any atom is 0 e. The summed E-state index contributed by atoms with van der Waals surface area (Å²) in [6.07, 6.45) is 38.5. The summed E-state index contributed by atoms with van der Waals surface area (Å²) in [6, 6.07) is 19.2. The summed E-state index contributed by atoms with van der Waals surface area (Å²) < 4.78 is 0. The normalized spacial score (nSPS) is 16.7. The average molecular weight is 831 g/mol. The van der Waals surface area contributed by atoms with Gasteiger partial charge in [-0.3, -0.25) is 5.56 Å². The Balaban J connectivity index is 0.000000303. The van der Waals surface area contributed by atoms with E-state index in [2.05, 4.69) is 123 Å². The van der Waals surface area contributed by atoms with Gasteiger partial charge in [-0.1, -0.05) is 78.9 Å². The van der Waals surface area contributed by atoms with Crippen LogP contribution in [0.4, 0.5) is 0 Å². The fourth-order valence-corrected chi connectivity index (χ4v) is 3.83. The second kappa shape index (κ2) is 21.6. The van der Waals surface area contributed by atoms with Crippen LogP contribution in [0.2, 0.25) is 0 Å². The molecule has 1 fully saturated rings. The smallest absolute Gasteiger partial charge is 0 e. The van der Waals surface area contributed by atoms with Crippen LogP contribution in [-0.4, -0.2) is 0 Å². The molecule has 198 valence electrons. The van der Waals surface area contributed by atoms with Gasteiger partial charge >= 0.3 is 0 Å². The zero-order chi connectivity index (χ0) is 23.5. The molecule has 0 atom stereocenters. The van der Waals surface area contributed by atoms with Crippen molar-refractivity contribution in [1.82, 2.24) is 0 Å². The molecule has 0 nitrogen and oxygen atoms in total. The average Bonchev–Trinajstić information content (AvgIpc) is 2.85. The number of rotatable bonds is 2. The summed E-state index contributed by atoms with van der Waals surface area (Å²) in [4.78, 5) is 0. The molecule has 0 unspecified atom stereocenters. The summed E-state index contributed by atoms with van der Waals surface area (Å²) in [5.41, 5.74) is 3.78. The van der Waals surface area contributed by atoms with Crippen LogP contribution in [0.3, 0.4) is 0 Å². The predicted molar refractivity (Wildman–Crippen MR) is 149 cm³/mol. The third-order valence-corrected chi connectivity index (χ3v) is 5.77. The van der Waals surface area contributed by atoms with Crippen molar-refractivity contribution in [2.45, 2.75) is 51.4 Å². The molecule has 5 rings (SSSR count). The first-order valence-electron chi connectivity index (χ1n) is 12.7. The summed E-state index contributed by atoms with van der Waals surface area (Å²) in [5, 5.41) is 0. The van der Waals surface area contributed by atoms with Gasteiger partial charge < -0.3 is 38.0 Å². The first-order chi connectivity index (χ1) is 16.9. The molecule has 0 saturated heterocycles. The molecule has 2 aromatic rings. The van der Waals surface area contributed by atoms with Crippen LogP contribution in [0.25, 0.3) is 11.1 Å². The molecule has 2 aromatic carbocycles. The largest absolute Gasteiger partial charge is 0.723 e. The molecule has 0 amide bonds. The van der Waals surface area contributed by atoms with E-state index in [0.29, 0.717) is 0 Å². The zero-order valence-electron chi connectivity index (χ0n) is 21.0. The molecule has 2 radical (unpaired) electrons. The van der Waals surface area contributed by atoms with E-state index in [1.807, 2.05) is 12.5 Å². The van der Waals surface area contributed by atoms with E-state index in [4.69, 9.17) is 0 Å². The summed E-state index contributed by atoms with van der Waals surface area (Å²) in [5.74, 6) is 1.26. The molecule has 0 heterocycles. The quantitative estimate of drug-likeness (QED) is 0.209. The summed E-state index contributed by atoms with van der Waals surface area (Å²) in [6.45, 7) is 0. The molecule has 0 N–H and O–H groups in total. The maximum atomic E-state index is 2.27. The van der Waals surface area contributed by atoms with E-state index < -0.39 is 0 Å². The number of benzene rings is 2. The fourth-order valence-electron chi connectivity index (χ4n) is 3.83. The van der Waals surface area contributed by atoms with E-state index in [9.17, 15) is 0 Å². The molecule has 1 saturated carbocycles. The van der Waals surface area contributed by atoms with Gasteiger partial charge in [0.1, 0.15) is 0 Å². The Morgan fingerprint density at radius 2 is 0.778 bits per heavy atom. The summed E-state index contributed by atoms with van der Waals surface area (Å²) >= 11 is 0. The molecule has 3 aliphatic rings. The van der Waals surface area contributed by atoms with E-state index in [1.54, 1.807) is 0 Å². The van der Waals surface area contributed by atoms with Crippen molar-refractivity contribution in [2.24, 2.45) is 0 Å². The van der Waals surface area contributed by atoms with Gasteiger partial charge in [-0.2, -0.15) is 12.1 Å². The van der Waals surface area contributed by atoms with Crippen LogP contribution in [0, 0.1) is 38.0 Å². The number of allylic oxidation sites excluding steroid dienone is 8. The Morgan fingerprint density at radius 1 is 0.417 bits per heavy atom. The molecule has 0 aromatic heterocycles. The first-order valence-corrected chi connectivity index (χ1v) is 12.7. The standard InChI is InChI=1S/C18H14.2C8H12.2Ir/c1-3-7-15(8-4-1)17-11-13-18(14-12-17)16-9-5-2-6-10-16;2*1-2-4-6-8-7-5-3-1;;/h1-14H;2*1-2,7-8H,3-6H2;;/q-6;;;;. The van der Waals surface area contributed by atoms with Gasteiger partial charge in [-0.25, -0.2) is 0 Å². The van der Waals surface area contributed by atoms with Crippen LogP contribution < -0.4 is 0 Å².